The summed E-state index contributed by atoms with van der Waals surface area (Å²) in [5, 5.41) is 4.54. The molecule has 0 radical (unpaired) electrons. The summed E-state index contributed by atoms with van der Waals surface area (Å²) in [4.78, 5) is 4.41. The van der Waals surface area contributed by atoms with E-state index in [1.807, 2.05) is 11.8 Å². The van der Waals surface area contributed by atoms with Gasteiger partial charge < -0.3 is 9.26 Å². The van der Waals surface area contributed by atoms with Gasteiger partial charge in [-0.1, -0.05) is 12.1 Å². The highest BCUT2D eigenvalue weighted by Crippen LogP contribution is 2.23. The molecule has 0 N–H and O–H groups in total. The van der Waals surface area contributed by atoms with Gasteiger partial charge in [0.1, 0.15) is 0 Å². The van der Waals surface area contributed by atoms with E-state index in [-0.39, 0.29) is 0 Å². The smallest absolute Gasteiger partial charge is 0.227 e. The zero-order chi connectivity index (χ0) is 10.7. The van der Waals surface area contributed by atoms with Crippen molar-refractivity contribution in [1.29, 1.82) is 0 Å². The van der Waals surface area contributed by atoms with Crippen LogP contribution in [0.4, 0.5) is 0 Å². The molecule has 4 nitrogen and oxygen atoms in total. The molecule has 2 heterocycles. The first-order chi connectivity index (χ1) is 7.29. The van der Waals surface area contributed by atoms with Crippen LogP contribution in [0.15, 0.2) is 4.52 Å². The third-order valence-electron chi connectivity index (χ3n) is 2.64. The second-order valence-electron chi connectivity index (χ2n) is 3.86. The van der Waals surface area contributed by atoms with E-state index >= 15 is 0 Å². The summed E-state index contributed by atoms with van der Waals surface area (Å²) in [6, 6.07) is 0. The van der Waals surface area contributed by atoms with Crippen LogP contribution in [0.3, 0.4) is 0 Å². The van der Waals surface area contributed by atoms with E-state index in [4.69, 9.17) is 9.26 Å². The highest BCUT2D eigenvalue weighted by molar-refractivity contribution is 7.99. The molecular formula is C10H16N2O2S. The van der Waals surface area contributed by atoms with Gasteiger partial charge in [-0.25, -0.2) is 0 Å². The second kappa shape index (κ2) is 4.99. The van der Waals surface area contributed by atoms with Crippen LogP contribution < -0.4 is 0 Å². The third kappa shape index (κ3) is 2.72. The molecule has 15 heavy (non-hydrogen) atoms. The quantitative estimate of drug-likeness (QED) is 0.787. The van der Waals surface area contributed by atoms with Crippen LogP contribution in [0.1, 0.15) is 31.0 Å². The third-order valence-corrected chi connectivity index (χ3v) is 3.61. The van der Waals surface area contributed by atoms with E-state index in [0.717, 1.165) is 37.8 Å². The number of aromatic nitrogens is 2. The van der Waals surface area contributed by atoms with Gasteiger partial charge in [0, 0.05) is 24.2 Å². The summed E-state index contributed by atoms with van der Waals surface area (Å²) in [6.07, 6.45) is 3.95. The van der Waals surface area contributed by atoms with Crippen molar-refractivity contribution in [3.63, 3.8) is 0 Å². The molecular weight excluding hydrogens is 212 g/mol. The van der Waals surface area contributed by atoms with Crippen molar-refractivity contribution < 1.29 is 9.26 Å². The van der Waals surface area contributed by atoms with Gasteiger partial charge >= 0.3 is 0 Å². The maximum Gasteiger partial charge on any atom is 0.227 e. The van der Waals surface area contributed by atoms with Gasteiger partial charge in [0.25, 0.3) is 0 Å². The van der Waals surface area contributed by atoms with Gasteiger partial charge in [0.05, 0.1) is 6.61 Å². The monoisotopic (exact) mass is 228 g/mol. The van der Waals surface area contributed by atoms with Gasteiger partial charge in [-0.2, -0.15) is 16.7 Å². The Morgan fingerprint density at radius 1 is 1.60 bits per heavy atom. The first-order valence-corrected chi connectivity index (χ1v) is 6.51. The summed E-state index contributed by atoms with van der Waals surface area (Å²) in [5.74, 6) is 1.90. The van der Waals surface area contributed by atoms with E-state index in [0.29, 0.717) is 11.2 Å². The van der Waals surface area contributed by atoms with Gasteiger partial charge in [-0.3, -0.25) is 0 Å². The summed E-state index contributed by atoms with van der Waals surface area (Å²) in [5.41, 5.74) is 0. The van der Waals surface area contributed by atoms with E-state index in [1.165, 1.54) is 0 Å². The standard InChI is InChI=1S/C10H16N2O2S/c1-7(15-2)5-9-11-10(12-14-9)8-3-4-13-6-8/h7-8H,3-6H2,1-2H3. The van der Waals surface area contributed by atoms with Crippen molar-refractivity contribution >= 4 is 11.8 Å². The largest absolute Gasteiger partial charge is 0.381 e. The number of ether oxygens (including phenoxy) is 1. The van der Waals surface area contributed by atoms with E-state index in [2.05, 4.69) is 23.3 Å². The Hall–Kier alpha value is -0.550. The summed E-state index contributed by atoms with van der Waals surface area (Å²) >= 11 is 1.81. The van der Waals surface area contributed by atoms with Crippen LogP contribution in [0, 0.1) is 0 Å². The summed E-state index contributed by atoms with van der Waals surface area (Å²) < 4.78 is 10.5. The Kier molecular flexibility index (Phi) is 3.64. The normalized spacial score (nSPS) is 23.2. The van der Waals surface area contributed by atoms with Crippen LogP contribution in [0.2, 0.25) is 0 Å². The molecule has 0 aliphatic carbocycles. The van der Waals surface area contributed by atoms with E-state index < -0.39 is 0 Å². The van der Waals surface area contributed by atoms with Crippen molar-refractivity contribution in [3.8, 4) is 0 Å². The molecule has 1 aromatic rings. The zero-order valence-electron chi connectivity index (χ0n) is 9.10. The maximum atomic E-state index is 5.30. The molecule has 1 aromatic heterocycles. The minimum Gasteiger partial charge on any atom is -0.381 e. The first kappa shape index (κ1) is 11.0. The lowest BCUT2D eigenvalue weighted by Crippen LogP contribution is -2.03. The molecule has 5 heteroatoms. The topological polar surface area (TPSA) is 48.2 Å². The fourth-order valence-corrected chi connectivity index (χ4v) is 1.89. The highest BCUT2D eigenvalue weighted by Gasteiger charge is 2.23. The lowest BCUT2D eigenvalue weighted by atomic mass is 10.1. The number of rotatable bonds is 4. The van der Waals surface area contributed by atoms with E-state index in [9.17, 15) is 0 Å². The highest BCUT2D eigenvalue weighted by atomic mass is 32.2. The Morgan fingerprint density at radius 2 is 2.47 bits per heavy atom. The molecule has 0 bridgehead atoms. The Labute approximate surface area is 93.8 Å². The van der Waals surface area contributed by atoms with Crippen molar-refractivity contribution in [1.82, 2.24) is 10.1 Å². The van der Waals surface area contributed by atoms with Crippen LogP contribution >= 0.6 is 11.8 Å². The van der Waals surface area contributed by atoms with Crippen LogP contribution in [-0.2, 0) is 11.2 Å². The van der Waals surface area contributed by atoms with Crippen molar-refractivity contribution in [2.75, 3.05) is 19.5 Å². The van der Waals surface area contributed by atoms with Crippen molar-refractivity contribution in [3.05, 3.63) is 11.7 Å². The van der Waals surface area contributed by atoms with Crippen molar-refractivity contribution in [2.24, 2.45) is 0 Å². The zero-order valence-corrected chi connectivity index (χ0v) is 9.92. The SMILES string of the molecule is CSC(C)Cc1nc(C2CCOC2)no1. The van der Waals surface area contributed by atoms with Gasteiger partial charge in [-0.15, -0.1) is 0 Å². The minimum atomic E-state index is 0.340. The minimum absolute atomic E-state index is 0.340. The van der Waals surface area contributed by atoms with Crippen molar-refractivity contribution in [2.45, 2.75) is 30.9 Å². The Morgan fingerprint density at radius 3 is 3.13 bits per heavy atom. The van der Waals surface area contributed by atoms with Gasteiger partial charge in [-0.05, 0) is 12.7 Å². The second-order valence-corrected chi connectivity index (χ2v) is 5.13. The summed E-state index contributed by atoms with van der Waals surface area (Å²) in [6.45, 7) is 3.71. The number of hydrogen-bond acceptors (Lipinski definition) is 5. The lowest BCUT2D eigenvalue weighted by molar-refractivity contribution is 0.192. The Balaban J connectivity index is 1.97. The predicted octanol–water partition coefficient (Wildman–Crippen LogP) is 1.87. The van der Waals surface area contributed by atoms with Crippen LogP contribution in [0.5, 0.6) is 0 Å². The first-order valence-electron chi connectivity index (χ1n) is 5.22. The van der Waals surface area contributed by atoms with Crippen LogP contribution in [-0.4, -0.2) is 34.9 Å². The molecule has 2 atom stereocenters. The number of thioether (sulfide) groups is 1. The molecule has 2 unspecified atom stereocenters. The molecule has 0 saturated carbocycles. The fraction of sp³-hybridized carbons (Fsp3) is 0.800. The van der Waals surface area contributed by atoms with E-state index in [1.54, 1.807) is 0 Å². The molecule has 1 aliphatic rings. The molecule has 0 spiro atoms. The molecule has 2 rings (SSSR count). The molecule has 1 saturated heterocycles. The molecule has 0 aromatic carbocycles. The summed E-state index contributed by atoms with van der Waals surface area (Å²) in [7, 11) is 0. The molecule has 1 aliphatic heterocycles. The van der Waals surface area contributed by atoms with Gasteiger partial charge in [0.2, 0.25) is 5.89 Å². The molecule has 84 valence electrons. The number of hydrogen-bond donors (Lipinski definition) is 0. The lowest BCUT2D eigenvalue weighted by Gasteiger charge is -2.02. The maximum absolute atomic E-state index is 5.30. The fourth-order valence-electron chi connectivity index (χ4n) is 1.58. The average Bonchev–Trinajstić information content (AvgIpc) is 2.85. The predicted molar refractivity (Wildman–Crippen MR) is 59.2 cm³/mol. The molecule has 0 amide bonds. The Bertz CT molecular complexity index is 310. The molecule has 1 fully saturated rings. The average molecular weight is 228 g/mol. The van der Waals surface area contributed by atoms with Crippen LogP contribution in [0.25, 0.3) is 0 Å². The number of nitrogens with zero attached hydrogens (tertiary/aromatic N) is 2. The van der Waals surface area contributed by atoms with Gasteiger partial charge in [0.15, 0.2) is 5.82 Å².